The van der Waals surface area contributed by atoms with Gasteiger partial charge >= 0.3 is 0 Å². The van der Waals surface area contributed by atoms with Crippen molar-refractivity contribution >= 4 is 11.8 Å². The zero-order valence-corrected chi connectivity index (χ0v) is 16.6. The van der Waals surface area contributed by atoms with Crippen LogP contribution in [0.25, 0.3) is 0 Å². The molecule has 1 atom stereocenters. The number of amides is 2. The van der Waals surface area contributed by atoms with Gasteiger partial charge in [-0.05, 0) is 75.3 Å². The Morgan fingerprint density at radius 2 is 1.52 bits per heavy atom. The van der Waals surface area contributed by atoms with E-state index < -0.39 is 6.04 Å². The van der Waals surface area contributed by atoms with Crippen molar-refractivity contribution < 1.29 is 9.59 Å². The molecule has 4 aliphatic carbocycles. The highest BCUT2D eigenvalue weighted by molar-refractivity contribution is 5.97. The van der Waals surface area contributed by atoms with E-state index in [2.05, 4.69) is 10.7 Å². The maximum absolute atomic E-state index is 13.1. The van der Waals surface area contributed by atoms with E-state index in [0.717, 1.165) is 42.6 Å². The average Bonchev–Trinajstić information content (AvgIpc) is 2.58. The summed E-state index contributed by atoms with van der Waals surface area (Å²) in [5, 5.41) is 4.81. The third-order valence-electron chi connectivity index (χ3n) is 6.88. The molecule has 5 rings (SSSR count). The average molecular weight is 370 g/mol. The Morgan fingerprint density at radius 3 is 2.00 bits per heavy atom. The molecule has 2 amide bonds. The molecule has 4 fully saturated rings. The molecule has 0 aliphatic heterocycles. The Hall–Kier alpha value is -1.88. The summed E-state index contributed by atoms with van der Waals surface area (Å²) < 4.78 is 0. The van der Waals surface area contributed by atoms with Crippen LogP contribution in [-0.4, -0.2) is 37.0 Å². The van der Waals surface area contributed by atoms with E-state index in [-0.39, 0.29) is 17.2 Å². The highest BCUT2D eigenvalue weighted by Gasteiger charge is 2.56. The maximum atomic E-state index is 13.1. The van der Waals surface area contributed by atoms with Crippen LogP contribution in [-0.2, 0) is 4.79 Å². The molecule has 1 aromatic rings. The monoisotopic (exact) mass is 369 g/mol. The second kappa shape index (κ2) is 6.93. The predicted octanol–water partition coefficient (Wildman–Crippen LogP) is 2.90. The fourth-order valence-electron chi connectivity index (χ4n) is 6.23. The van der Waals surface area contributed by atoms with Gasteiger partial charge in [0, 0.05) is 25.1 Å². The fourth-order valence-corrected chi connectivity index (χ4v) is 6.23. The van der Waals surface area contributed by atoms with Gasteiger partial charge in [-0.3, -0.25) is 15.0 Å². The van der Waals surface area contributed by atoms with Gasteiger partial charge in [-0.1, -0.05) is 17.7 Å². The molecule has 0 radical (unpaired) electrons. The van der Waals surface area contributed by atoms with Crippen LogP contribution >= 0.6 is 0 Å². The van der Waals surface area contributed by atoms with E-state index in [1.165, 1.54) is 19.3 Å². The Kier molecular flexibility index (Phi) is 4.75. The van der Waals surface area contributed by atoms with Crippen molar-refractivity contribution in [1.82, 2.24) is 15.8 Å². The first-order chi connectivity index (χ1) is 12.8. The van der Waals surface area contributed by atoms with E-state index in [9.17, 15) is 9.59 Å². The first kappa shape index (κ1) is 18.5. The van der Waals surface area contributed by atoms with Gasteiger partial charge in [0.25, 0.3) is 11.8 Å². The van der Waals surface area contributed by atoms with Gasteiger partial charge in [-0.2, -0.15) is 0 Å². The van der Waals surface area contributed by atoms with E-state index in [0.29, 0.717) is 5.56 Å². The van der Waals surface area contributed by atoms with Crippen LogP contribution in [0.3, 0.4) is 0 Å². The zero-order chi connectivity index (χ0) is 19.2. The van der Waals surface area contributed by atoms with Gasteiger partial charge < -0.3 is 5.32 Å². The van der Waals surface area contributed by atoms with Crippen molar-refractivity contribution in [2.75, 3.05) is 14.1 Å². The van der Waals surface area contributed by atoms with Crippen molar-refractivity contribution in [2.45, 2.75) is 51.5 Å². The van der Waals surface area contributed by atoms with E-state index >= 15 is 0 Å². The molecule has 0 unspecified atom stereocenters. The van der Waals surface area contributed by atoms with Gasteiger partial charge in [-0.25, -0.2) is 5.01 Å². The first-order valence-electron chi connectivity index (χ1n) is 10.2. The molecule has 4 aliphatic rings. The van der Waals surface area contributed by atoms with Crippen LogP contribution in [0.2, 0.25) is 0 Å². The number of benzene rings is 1. The molecule has 0 saturated heterocycles. The number of carbonyl (C=O) groups excluding carboxylic acids is 2. The molecule has 4 bridgehead atoms. The highest BCUT2D eigenvalue weighted by Crippen LogP contribution is 2.61. The summed E-state index contributed by atoms with van der Waals surface area (Å²) in [4.78, 5) is 26.1. The molecule has 27 heavy (non-hydrogen) atoms. The lowest BCUT2D eigenvalue weighted by Crippen LogP contribution is -2.63. The molecular weight excluding hydrogens is 338 g/mol. The third kappa shape index (κ3) is 3.62. The molecular formula is C22H31N3O2. The van der Waals surface area contributed by atoms with Gasteiger partial charge in [0.05, 0.1) is 0 Å². The summed E-state index contributed by atoms with van der Waals surface area (Å²) in [5.74, 6) is 1.94. The largest absolute Gasteiger partial charge is 0.340 e. The molecule has 146 valence electrons. The molecule has 5 nitrogen and oxygen atoms in total. The number of hydrogen-bond acceptors (Lipinski definition) is 3. The normalized spacial score (nSPS) is 32.4. The number of hydrogen-bond donors (Lipinski definition) is 2. The van der Waals surface area contributed by atoms with Gasteiger partial charge in [0.2, 0.25) is 0 Å². The standard InChI is InChI=1S/C22H31N3O2/c1-14-4-6-18(7-5-14)20(26)23-19(21(27)24-25(2)3)22-11-15-8-16(12-22)10-17(9-15)13-22/h4-7,15-17,19H,8-13H2,1-3H3,(H,23,26)(H,24,27)/t15?,16?,17?,19-,22?/m1/s1. The molecule has 5 heteroatoms. The van der Waals surface area contributed by atoms with Gasteiger partial charge in [0.15, 0.2) is 0 Å². The van der Waals surface area contributed by atoms with Crippen LogP contribution in [0, 0.1) is 30.1 Å². The van der Waals surface area contributed by atoms with E-state index in [4.69, 9.17) is 0 Å². The SMILES string of the molecule is Cc1ccc(C(=O)N[C@H](C(=O)NN(C)C)C23CC4CC(CC(C4)C2)C3)cc1. The number of nitrogens with zero attached hydrogens (tertiary/aromatic N) is 1. The Morgan fingerprint density at radius 1 is 1.00 bits per heavy atom. The highest BCUT2D eigenvalue weighted by atomic mass is 16.2. The van der Waals surface area contributed by atoms with Gasteiger partial charge in [-0.15, -0.1) is 0 Å². The van der Waals surface area contributed by atoms with Crippen molar-refractivity contribution in [3.05, 3.63) is 35.4 Å². The summed E-state index contributed by atoms with van der Waals surface area (Å²) in [5.41, 5.74) is 4.56. The molecule has 1 aromatic carbocycles. The number of aryl methyl sites for hydroxylation is 1. The van der Waals surface area contributed by atoms with Crippen LogP contribution in [0.5, 0.6) is 0 Å². The van der Waals surface area contributed by atoms with E-state index in [1.807, 2.05) is 45.3 Å². The quantitative estimate of drug-likeness (QED) is 0.785. The van der Waals surface area contributed by atoms with Crippen LogP contribution in [0.4, 0.5) is 0 Å². The smallest absolute Gasteiger partial charge is 0.257 e. The van der Waals surface area contributed by atoms with Crippen LogP contribution in [0.15, 0.2) is 24.3 Å². The minimum atomic E-state index is -0.470. The summed E-state index contributed by atoms with van der Waals surface area (Å²) in [6.45, 7) is 2.00. The van der Waals surface area contributed by atoms with Crippen molar-refractivity contribution in [2.24, 2.45) is 23.2 Å². The second-order valence-corrected chi connectivity index (χ2v) is 9.42. The maximum Gasteiger partial charge on any atom is 0.257 e. The summed E-state index contributed by atoms with van der Waals surface area (Å²) >= 11 is 0. The Bertz CT molecular complexity index is 690. The van der Waals surface area contributed by atoms with Crippen molar-refractivity contribution in [1.29, 1.82) is 0 Å². The first-order valence-corrected chi connectivity index (χ1v) is 10.2. The topological polar surface area (TPSA) is 61.4 Å². The number of hydrazine groups is 1. The Labute approximate surface area is 161 Å². The van der Waals surface area contributed by atoms with Crippen LogP contribution in [0.1, 0.15) is 54.4 Å². The molecule has 4 saturated carbocycles. The summed E-state index contributed by atoms with van der Waals surface area (Å²) in [6.07, 6.45) is 7.14. The van der Waals surface area contributed by atoms with Crippen LogP contribution < -0.4 is 10.7 Å². The van der Waals surface area contributed by atoms with Crippen molar-refractivity contribution in [3.8, 4) is 0 Å². The molecule has 2 N–H and O–H groups in total. The van der Waals surface area contributed by atoms with Crippen molar-refractivity contribution in [3.63, 3.8) is 0 Å². The number of nitrogens with one attached hydrogen (secondary N) is 2. The minimum Gasteiger partial charge on any atom is -0.340 e. The Balaban J connectivity index is 1.60. The predicted molar refractivity (Wildman–Crippen MR) is 105 cm³/mol. The van der Waals surface area contributed by atoms with Gasteiger partial charge in [0.1, 0.15) is 6.04 Å². The summed E-state index contributed by atoms with van der Waals surface area (Å²) in [7, 11) is 3.63. The third-order valence-corrected chi connectivity index (χ3v) is 6.88. The molecule has 0 aromatic heterocycles. The van der Waals surface area contributed by atoms with E-state index in [1.54, 1.807) is 5.01 Å². The lowest BCUT2D eigenvalue weighted by Gasteiger charge is -2.59. The number of carbonyl (C=O) groups is 2. The lowest BCUT2D eigenvalue weighted by atomic mass is 9.47. The molecule has 0 spiro atoms. The second-order valence-electron chi connectivity index (χ2n) is 9.42. The minimum absolute atomic E-state index is 0.0811. The fraction of sp³-hybridized carbons (Fsp3) is 0.636. The lowest BCUT2D eigenvalue weighted by molar-refractivity contribution is -0.138. The number of rotatable bonds is 5. The molecule has 0 heterocycles. The summed E-state index contributed by atoms with van der Waals surface area (Å²) in [6, 6.07) is 7.08. The zero-order valence-electron chi connectivity index (χ0n) is 16.6.